The van der Waals surface area contributed by atoms with E-state index in [0.29, 0.717) is 11.6 Å². The maximum absolute atomic E-state index is 5.92. The van der Waals surface area contributed by atoms with Gasteiger partial charge >= 0.3 is 0 Å². The Bertz CT molecular complexity index is 299. The summed E-state index contributed by atoms with van der Waals surface area (Å²) in [6, 6.07) is 7.56. The van der Waals surface area contributed by atoms with Crippen LogP contribution in [0.4, 0.5) is 0 Å². The van der Waals surface area contributed by atoms with E-state index in [-0.39, 0.29) is 0 Å². The molecule has 0 aliphatic heterocycles. The van der Waals surface area contributed by atoms with Gasteiger partial charge in [-0.2, -0.15) is 0 Å². The van der Waals surface area contributed by atoms with Crippen molar-refractivity contribution in [3.05, 3.63) is 34.9 Å². The van der Waals surface area contributed by atoms with Crippen LogP contribution in [-0.4, -0.2) is 6.21 Å². The van der Waals surface area contributed by atoms with Crippen molar-refractivity contribution in [1.29, 1.82) is 0 Å². The maximum atomic E-state index is 5.92. The van der Waals surface area contributed by atoms with Gasteiger partial charge in [-0.15, -0.1) is 0 Å². The number of rotatable bonds is 5. The van der Waals surface area contributed by atoms with Gasteiger partial charge in [0.25, 0.3) is 0 Å². The van der Waals surface area contributed by atoms with Crippen LogP contribution in [0.1, 0.15) is 25.3 Å². The number of nitrogens with zero attached hydrogens (tertiary/aromatic N) is 1. The summed E-state index contributed by atoms with van der Waals surface area (Å²) < 4.78 is 0. The van der Waals surface area contributed by atoms with E-state index < -0.39 is 0 Å². The molecule has 0 unspecified atom stereocenters. The van der Waals surface area contributed by atoms with Gasteiger partial charge in [-0.3, -0.25) is 0 Å². The lowest BCUT2D eigenvalue weighted by atomic mass is 10.2. The number of hydrogen-bond acceptors (Lipinski definition) is 2. The van der Waals surface area contributed by atoms with Crippen molar-refractivity contribution in [3.63, 3.8) is 0 Å². The number of halogens is 1. The summed E-state index contributed by atoms with van der Waals surface area (Å²) in [5, 5.41) is 4.40. The highest BCUT2D eigenvalue weighted by Gasteiger charge is 1.97. The van der Waals surface area contributed by atoms with Gasteiger partial charge in [-0.05, 0) is 12.5 Å². The minimum atomic E-state index is 0.399. The second kappa shape index (κ2) is 6.44. The van der Waals surface area contributed by atoms with Gasteiger partial charge in [0.05, 0.1) is 0 Å². The minimum Gasteiger partial charge on any atom is -0.391 e. The zero-order chi connectivity index (χ0) is 10.2. The molecular weight excluding hydrogens is 198 g/mol. The molecule has 1 radical (unpaired) electrons. The minimum absolute atomic E-state index is 0.399. The molecule has 1 aromatic rings. The Labute approximate surface area is 89.5 Å². The lowest BCUT2D eigenvalue weighted by Gasteiger charge is -2.01. The van der Waals surface area contributed by atoms with Crippen molar-refractivity contribution >= 4 is 17.8 Å². The molecule has 0 N–H and O–H groups in total. The maximum Gasteiger partial charge on any atom is 0.143 e. The first-order valence-electron chi connectivity index (χ1n) is 4.63. The largest absolute Gasteiger partial charge is 0.391 e. The Hall–Kier alpha value is -1.02. The van der Waals surface area contributed by atoms with Gasteiger partial charge in [0.2, 0.25) is 0 Å². The number of hydrogen-bond donors (Lipinski definition) is 0. The van der Waals surface area contributed by atoms with Crippen LogP contribution in [-0.2, 0) is 11.4 Å². The van der Waals surface area contributed by atoms with Crippen LogP contribution in [0.3, 0.4) is 0 Å². The fraction of sp³-hybridized carbons (Fsp3) is 0.364. The number of benzene rings is 1. The van der Waals surface area contributed by atoms with E-state index in [4.69, 9.17) is 16.4 Å². The Kier molecular flexibility index (Phi) is 5.08. The molecule has 0 aromatic heterocycles. The van der Waals surface area contributed by atoms with Crippen molar-refractivity contribution < 1.29 is 4.84 Å². The first kappa shape index (κ1) is 11.1. The fourth-order valence-electron chi connectivity index (χ4n) is 0.920. The summed E-state index contributed by atoms with van der Waals surface area (Å²) in [6.45, 7) is 2.47. The second-order valence-corrected chi connectivity index (χ2v) is 3.27. The van der Waals surface area contributed by atoms with E-state index in [1.54, 1.807) is 0 Å². The van der Waals surface area contributed by atoms with Crippen molar-refractivity contribution in [3.8, 4) is 0 Å². The molecule has 0 aliphatic carbocycles. The zero-order valence-electron chi connectivity index (χ0n) is 8.16. The standard InChI is InChI=1S/C11H13ClNO/c1-2-3-8-13-14-9-10-6-4-5-7-11(10)12/h4-7H,2-3,9H2,1H3. The highest BCUT2D eigenvalue weighted by Crippen LogP contribution is 2.15. The average Bonchev–Trinajstić information content (AvgIpc) is 2.20. The van der Waals surface area contributed by atoms with Crippen LogP contribution >= 0.6 is 11.6 Å². The van der Waals surface area contributed by atoms with Gasteiger partial charge in [0.1, 0.15) is 12.8 Å². The third-order valence-electron chi connectivity index (χ3n) is 1.67. The van der Waals surface area contributed by atoms with Gasteiger partial charge in [-0.25, -0.2) is 0 Å². The van der Waals surface area contributed by atoms with Crippen molar-refractivity contribution in [2.75, 3.05) is 0 Å². The van der Waals surface area contributed by atoms with Gasteiger partial charge < -0.3 is 4.84 Å². The summed E-state index contributed by atoms with van der Waals surface area (Å²) in [5.41, 5.74) is 0.941. The monoisotopic (exact) mass is 210 g/mol. The summed E-state index contributed by atoms with van der Waals surface area (Å²) in [4.78, 5) is 5.03. The molecule has 1 rings (SSSR count). The highest BCUT2D eigenvalue weighted by atomic mass is 35.5. The average molecular weight is 211 g/mol. The van der Waals surface area contributed by atoms with E-state index in [0.717, 1.165) is 18.4 Å². The zero-order valence-corrected chi connectivity index (χ0v) is 8.92. The van der Waals surface area contributed by atoms with Crippen molar-refractivity contribution in [1.82, 2.24) is 0 Å². The number of unbranched alkanes of at least 4 members (excludes halogenated alkanes) is 1. The third-order valence-corrected chi connectivity index (χ3v) is 2.04. The van der Waals surface area contributed by atoms with E-state index in [1.807, 2.05) is 24.3 Å². The fourth-order valence-corrected chi connectivity index (χ4v) is 1.11. The van der Waals surface area contributed by atoms with Crippen LogP contribution in [0.2, 0.25) is 5.02 Å². The molecule has 3 heteroatoms. The quantitative estimate of drug-likeness (QED) is 0.538. The van der Waals surface area contributed by atoms with E-state index in [9.17, 15) is 0 Å². The summed E-state index contributed by atoms with van der Waals surface area (Å²) in [6.07, 6.45) is 4.63. The predicted molar refractivity (Wildman–Crippen MR) is 58.6 cm³/mol. The molecule has 0 spiro atoms. The van der Waals surface area contributed by atoms with Crippen LogP contribution in [0, 0.1) is 0 Å². The van der Waals surface area contributed by atoms with E-state index in [1.165, 1.54) is 0 Å². The first-order chi connectivity index (χ1) is 6.84. The SMILES string of the molecule is CCC/[C]=N/OCc1ccccc1Cl. The van der Waals surface area contributed by atoms with E-state index >= 15 is 0 Å². The normalized spacial score (nSPS) is 10.7. The molecule has 0 bridgehead atoms. The second-order valence-electron chi connectivity index (χ2n) is 2.86. The van der Waals surface area contributed by atoms with Crippen molar-refractivity contribution in [2.24, 2.45) is 5.16 Å². The highest BCUT2D eigenvalue weighted by molar-refractivity contribution is 6.31. The lowest BCUT2D eigenvalue weighted by molar-refractivity contribution is 0.131. The van der Waals surface area contributed by atoms with Crippen LogP contribution in [0.15, 0.2) is 29.4 Å². The molecule has 1 aromatic carbocycles. The van der Waals surface area contributed by atoms with Gasteiger partial charge in [-0.1, -0.05) is 48.3 Å². The first-order valence-corrected chi connectivity index (χ1v) is 5.00. The van der Waals surface area contributed by atoms with Crippen LogP contribution in [0.5, 0.6) is 0 Å². The van der Waals surface area contributed by atoms with Gasteiger partial charge in [0.15, 0.2) is 0 Å². The molecule has 0 atom stereocenters. The topological polar surface area (TPSA) is 21.6 Å². The summed E-state index contributed by atoms with van der Waals surface area (Å²) in [7, 11) is 0. The molecule has 0 fully saturated rings. The third kappa shape index (κ3) is 3.79. The summed E-state index contributed by atoms with van der Waals surface area (Å²) >= 11 is 5.92. The lowest BCUT2D eigenvalue weighted by Crippen LogP contribution is -1.88. The Morgan fingerprint density at radius 3 is 2.93 bits per heavy atom. The Balaban J connectivity index is 2.35. The van der Waals surface area contributed by atoms with E-state index in [2.05, 4.69) is 18.3 Å². The predicted octanol–water partition coefficient (Wildman–Crippen LogP) is 3.52. The molecule has 0 saturated carbocycles. The molecule has 0 saturated heterocycles. The smallest absolute Gasteiger partial charge is 0.143 e. The Morgan fingerprint density at radius 1 is 1.43 bits per heavy atom. The molecule has 0 heterocycles. The Morgan fingerprint density at radius 2 is 2.21 bits per heavy atom. The van der Waals surface area contributed by atoms with Crippen LogP contribution < -0.4 is 0 Å². The molecule has 2 nitrogen and oxygen atoms in total. The molecule has 75 valence electrons. The molecule has 0 amide bonds. The van der Waals surface area contributed by atoms with Crippen LogP contribution in [0.25, 0.3) is 0 Å². The van der Waals surface area contributed by atoms with Gasteiger partial charge in [0, 0.05) is 10.6 Å². The van der Waals surface area contributed by atoms with Crippen molar-refractivity contribution in [2.45, 2.75) is 26.4 Å². The molecule has 0 aliphatic rings. The summed E-state index contributed by atoms with van der Waals surface area (Å²) in [5.74, 6) is 0. The molecular formula is C11H13ClNO. The molecule has 14 heavy (non-hydrogen) atoms.